The highest BCUT2D eigenvalue weighted by Gasteiger charge is 2.27. The molecule has 1 aromatic carbocycles. The molecule has 0 spiro atoms. The van der Waals surface area contributed by atoms with Gasteiger partial charge in [-0.15, -0.1) is 0 Å². The summed E-state index contributed by atoms with van der Waals surface area (Å²) in [6.07, 6.45) is 0.220. The van der Waals surface area contributed by atoms with Gasteiger partial charge in [0.25, 0.3) is 0 Å². The van der Waals surface area contributed by atoms with Crippen LogP contribution < -0.4 is 10.6 Å². The molecule has 160 valence electrons. The molecular weight excluding hydrogens is 396 g/mol. The monoisotopic (exact) mass is 424 g/mol. The second-order valence-electron chi connectivity index (χ2n) is 6.17. The van der Waals surface area contributed by atoms with E-state index in [-0.39, 0.29) is 25.2 Å². The van der Waals surface area contributed by atoms with Crippen molar-refractivity contribution >= 4 is 35.5 Å². The van der Waals surface area contributed by atoms with E-state index in [1.54, 1.807) is 6.92 Å². The first-order valence-corrected chi connectivity index (χ1v) is 10.4. The molecule has 8 nitrogen and oxygen atoms in total. The molecule has 0 aliphatic carbocycles. The number of methoxy groups -OCH3 is 2. The van der Waals surface area contributed by atoms with Crippen molar-refractivity contribution in [1.29, 1.82) is 0 Å². The van der Waals surface area contributed by atoms with Crippen molar-refractivity contribution in [1.82, 2.24) is 10.6 Å². The Morgan fingerprint density at radius 1 is 1.00 bits per heavy atom. The van der Waals surface area contributed by atoms with Gasteiger partial charge in [-0.3, -0.25) is 14.4 Å². The Kier molecular flexibility index (Phi) is 11.5. The number of hydrogen-bond acceptors (Lipinski definition) is 7. The lowest BCUT2D eigenvalue weighted by atomic mass is 10.1. The molecule has 0 bridgehead atoms. The van der Waals surface area contributed by atoms with Gasteiger partial charge >= 0.3 is 11.9 Å². The van der Waals surface area contributed by atoms with E-state index in [1.807, 2.05) is 30.3 Å². The van der Waals surface area contributed by atoms with Gasteiger partial charge in [0.2, 0.25) is 11.8 Å². The van der Waals surface area contributed by atoms with Crippen molar-refractivity contribution in [2.45, 2.75) is 44.0 Å². The van der Waals surface area contributed by atoms with E-state index < -0.39 is 29.9 Å². The van der Waals surface area contributed by atoms with Crippen LogP contribution in [0.2, 0.25) is 0 Å². The van der Waals surface area contributed by atoms with Crippen LogP contribution in [0.1, 0.15) is 31.7 Å². The summed E-state index contributed by atoms with van der Waals surface area (Å²) in [7, 11) is 2.44. The number of rotatable bonds is 12. The van der Waals surface area contributed by atoms with Crippen LogP contribution in [0.3, 0.4) is 0 Å². The average Bonchev–Trinajstić information content (AvgIpc) is 2.75. The standard InChI is InChI=1S/C20H28N2O6S/c1-4-17(23)21-16(13-29-12-14-8-6-5-7-9-14)19(25)22-15(20(26)28-3)10-11-18(24)27-2/h5-9,15-16H,4,10-13H2,1-3H3,(H,21,23)(H,22,25)/t15-,16+/m0/s1. The molecule has 2 N–H and O–H groups in total. The number of benzene rings is 1. The van der Waals surface area contributed by atoms with Crippen LogP contribution in [0.15, 0.2) is 30.3 Å². The summed E-state index contributed by atoms with van der Waals surface area (Å²) in [5.74, 6) is -0.934. The minimum atomic E-state index is -1.01. The fourth-order valence-corrected chi connectivity index (χ4v) is 3.39. The molecule has 0 aliphatic rings. The maximum atomic E-state index is 12.7. The Morgan fingerprint density at radius 2 is 1.69 bits per heavy atom. The first-order valence-electron chi connectivity index (χ1n) is 9.27. The van der Waals surface area contributed by atoms with Gasteiger partial charge in [0.15, 0.2) is 0 Å². The van der Waals surface area contributed by atoms with E-state index in [0.29, 0.717) is 11.5 Å². The van der Waals surface area contributed by atoms with Gasteiger partial charge in [-0.1, -0.05) is 37.3 Å². The van der Waals surface area contributed by atoms with E-state index in [4.69, 9.17) is 4.74 Å². The molecule has 0 radical (unpaired) electrons. The zero-order chi connectivity index (χ0) is 21.6. The van der Waals surface area contributed by atoms with Crippen LogP contribution in [-0.4, -0.2) is 55.8 Å². The molecule has 2 amide bonds. The van der Waals surface area contributed by atoms with E-state index in [0.717, 1.165) is 5.56 Å². The Hall–Kier alpha value is -2.55. The Morgan fingerprint density at radius 3 is 2.28 bits per heavy atom. The second-order valence-corrected chi connectivity index (χ2v) is 7.20. The summed E-state index contributed by atoms with van der Waals surface area (Å²) in [5.41, 5.74) is 1.10. The van der Waals surface area contributed by atoms with Crippen molar-refractivity contribution in [2.75, 3.05) is 20.0 Å². The average molecular weight is 425 g/mol. The number of ether oxygens (including phenoxy) is 2. The van der Waals surface area contributed by atoms with Gasteiger partial charge in [0.05, 0.1) is 14.2 Å². The minimum absolute atomic E-state index is 0.0384. The minimum Gasteiger partial charge on any atom is -0.469 e. The second kappa shape index (κ2) is 13.6. The van der Waals surface area contributed by atoms with Crippen LogP contribution in [0.25, 0.3) is 0 Å². The molecule has 1 aromatic rings. The molecule has 29 heavy (non-hydrogen) atoms. The predicted octanol–water partition coefficient (Wildman–Crippen LogP) is 1.43. The number of hydrogen-bond donors (Lipinski definition) is 2. The summed E-state index contributed by atoms with van der Waals surface area (Å²) >= 11 is 1.49. The molecular formula is C20H28N2O6S. The SMILES string of the molecule is CCC(=O)N[C@H](CSCc1ccccc1)C(=O)N[C@@H](CCC(=O)OC)C(=O)OC. The highest BCUT2D eigenvalue weighted by molar-refractivity contribution is 7.98. The summed E-state index contributed by atoms with van der Waals surface area (Å²) in [5, 5.41) is 5.25. The molecule has 0 aliphatic heterocycles. The summed E-state index contributed by atoms with van der Waals surface area (Å²) in [6.45, 7) is 1.69. The summed E-state index contributed by atoms with van der Waals surface area (Å²) < 4.78 is 9.27. The van der Waals surface area contributed by atoms with Crippen LogP contribution in [0.5, 0.6) is 0 Å². The van der Waals surface area contributed by atoms with Gasteiger partial charge in [0.1, 0.15) is 12.1 Å². The molecule has 0 heterocycles. The van der Waals surface area contributed by atoms with Crippen molar-refractivity contribution in [3.8, 4) is 0 Å². The Bertz CT molecular complexity index is 683. The van der Waals surface area contributed by atoms with Gasteiger partial charge in [-0.05, 0) is 12.0 Å². The quantitative estimate of drug-likeness (QED) is 0.488. The normalized spacial score (nSPS) is 12.4. The molecule has 0 saturated carbocycles. The summed E-state index contributed by atoms with van der Waals surface area (Å²) in [6, 6.07) is 7.92. The zero-order valence-electron chi connectivity index (χ0n) is 16.9. The van der Waals surface area contributed by atoms with Crippen molar-refractivity contribution < 1.29 is 28.7 Å². The van der Waals surface area contributed by atoms with Crippen LogP contribution >= 0.6 is 11.8 Å². The van der Waals surface area contributed by atoms with Gasteiger partial charge in [-0.2, -0.15) is 11.8 Å². The van der Waals surface area contributed by atoms with Crippen LogP contribution in [0.4, 0.5) is 0 Å². The van der Waals surface area contributed by atoms with Crippen molar-refractivity contribution in [2.24, 2.45) is 0 Å². The fourth-order valence-electron chi connectivity index (χ4n) is 2.38. The highest BCUT2D eigenvalue weighted by atomic mass is 32.2. The van der Waals surface area contributed by atoms with Crippen molar-refractivity contribution in [3.05, 3.63) is 35.9 Å². The third kappa shape index (κ3) is 9.47. The number of carbonyl (C=O) groups excluding carboxylic acids is 4. The van der Waals surface area contributed by atoms with Gasteiger partial charge < -0.3 is 20.1 Å². The molecule has 0 fully saturated rings. The molecule has 1 rings (SSSR count). The number of carbonyl (C=O) groups is 4. The van der Waals surface area contributed by atoms with Crippen LogP contribution in [-0.2, 0) is 34.4 Å². The summed E-state index contributed by atoms with van der Waals surface area (Å²) in [4.78, 5) is 47.9. The molecule has 9 heteroatoms. The van der Waals surface area contributed by atoms with Crippen molar-refractivity contribution in [3.63, 3.8) is 0 Å². The smallest absolute Gasteiger partial charge is 0.328 e. The molecule has 0 unspecified atom stereocenters. The molecule has 0 aromatic heterocycles. The zero-order valence-corrected chi connectivity index (χ0v) is 17.8. The van der Waals surface area contributed by atoms with E-state index >= 15 is 0 Å². The van der Waals surface area contributed by atoms with E-state index in [9.17, 15) is 19.2 Å². The Labute approximate surface area is 175 Å². The fraction of sp³-hybridized carbons (Fsp3) is 0.500. The number of amides is 2. The lowest BCUT2D eigenvalue weighted by Gasteiger charge is -2.22. The topological polar surface area (TPSA) is 111 Å². The third-order valence-corrected chi connectivity index (χ3v) is 5.14. The maximum absolute atomic E-state index is 12.7. The maximum Gasteiger partial charge on any atom is 0.328 e. The molecule has 0 saturated heterocycles. The predicted molar refractivity (Wildman–Crippen MR) is 110 cm³/mol. The lowest BCUT2D eigenvalue weighted by molar-refractivity contribution is -0.146. The third-order valence-electron chi connectivity index (χ3n) is 4.04. The highest BCUT2D eigenvalue weighted by Crippen LogP contribution is 2.13. The van der Waals surface area contributed by atoms with Crippen LogP contribution in [0, 0.1) is 0 Å². The number of nitrogens with one attached hydrogen (secondary N) is 2. The first kappa shape index (κ1) is 24.5. The van der Waals surface area contributed by atoms with E-state index in [1.165, 1.54) is 26.0 Å². The first-order chi connectivity index (χ1) is 13.9. The van der Waals surface area contributed by atoms with Gasteiger partial charge in [-0.25, -0.2) is 4.79 Å². The largest absolute Gasteiger partial charge is 0.469 e. The van der Waals surface area contributed by atoms with E-state index in [2.05, 4.69) is 15.4 Å². The lowest BCUT2D eigenvalue weighted by Crippen LogP contribution is -2.53. The Balaban J connectivity index is 2.74. The number of esters is 2. The number of thioether (sulfide) groups is 1. The molecule has 2 atom stereocenters. The van der Waals surface area contributed by atoms with Gasteiger partial charge in [0, 0.05) is 24.3 Å².